The zero-order chi connectivity index (χ0) is 20.6. The van der Waals surface area contributed by atoms with Crippen molar-refractivity contribution in [3.63, 3.8) is 0 Å². The Morgan fingerprint density at radius 1 is 1.14 bits per heavy atom. The lowest BCUT2D eigenvalue weighted by Crippen LogP contribution is -2.32. The number of amides is 1. The van der Waals surface area contributed by atoms with E-state index in [1.54, 1.807) is 24.3 Å². The van der Waals surface area contributed by atoms with E-state index in [-0.39, 0.29) is 18.9 Å². The van der Waals surface area contributed by atoms with Gasteiger partial charge in [-0.3, -0.25) is 9.10 Å². The van der Waals surface area contributed by atoms with E-state index >= 15 is 0 Å². The summed E-state index contributed by atoms with van der Waals surface area (Å²) in [5.74, 6) is 0.410. The first-order valence-electron chi connectivity index (χ1n) is 9.33. The summed E-state index contributed by atoms with van der Waals surface area (Å²) in [4.78, 5) is 12.1. The number of carbonyl (C=O) groups excluding carboxylic acids is 1. The van der Waals surface area contributed by atoms with Gasteiger partial charge in [0, 0.05) is 19.5 Å². The number of hydrogen-bond donors (Lipinski definition) is 1. The maximum absolute atomic E-state index is 12.3. The Bertz CT molecular complexity index is 897. The molecule has 0 saturated heterocycles. The van der Waals surface area contributed by atoms with Gasteiger partial charge in [-0.1, -0.05) is 42.0 Å². The van der Waals surface area contributed by atoms with Gasteiger partial charge in [0.2, 0.25) is 15.9 Å². The predicted octanol–water partition coefficient (Wildman–Crippen LogP) is 3.26. The van der Waals surface area contributed by atoms with E-state index in [9.17, 15) is 13.2 Å². The van der Waals surface area contributed by atoms with Crippen LogP contribution in [0, 0.1) is 6.92 Å². The molecule has 0 aromatic heterocycles. The molecule has 1 amide bonds. The highest BCUT2D eigenvalue weighted by molar-refractivity contribution is 7.92. The second kappa shape index (κ2) is 10.1. The van der Waals surface area contributed by atoms with Crippen molar-refractivity contribution in [2.24, 2.45) is 0 Å². The molecule has 2 rings (SSSR count). The minimum Gasteiger partial charge on any atom is -0.492 e. The highest BCUT2D eigenvalue weighted by Gasteiger charge is 2.21. The topological polar surface area (TPSA) is 75.7 Å². The van der Waals surface area contributed by atoms with Crippen LogP contribution in [0.25, 0.3) is 0 Å². The number of anilines is 1. The van der Waals surface area contributed by atoms with Gasteiger partial charge in [0.1, 0.15) is 5.75 Å². The Kier molecular flexibility index (Phi) is 7.87. The van der Waals surface area contributed by atoms with Crippen molar-refractivity contribution in [1.82, 2.24) is 5.32 Å². The van der Waals surface area contributed by atoms with Crippen LogP contribution in [0.5, 0.6) is 5.75 Å². The molecular weight excluding hydrogens is 376 g/mol. The first-order valence-corrected chi connectivity index (χ1v) is 11.2. The monoisotopic (exact) mass is 404 g/mol. The molecule has 0 heterocycles. The lowest BCUT2D eigenvalue weighted by atomic mass is 10.1. The van der Waals surface area contributed by atoms with Crippen LogP contribution in [0.4, 0.5) is 5.69 Å². The first-order chi connectivity index (χ1) is 13.3. The van der Waals surface area contributed by atoms with Gasteiger partial charge in [-0.05, 0) is 38.0 Å². The fourth-order valence-corrected chi connectivity index (χ4v) is 3.87. The summed E-state index contributed by atoms with van der Waals surface area (Å²) >= 11 is 0. The molecular formula is C21H28N2O4S. The summed E-state index contributed by atoms with van der Waals surface area (Å²) in [6, 6.07) is 15.0. The standard InChI is InChI=1S/C21H28N2O4S/c1-4-27-20-12-6-5-11-19(20)23(28(3,25)26)14-8-13-21(24)22-16-18-10-7-9-17(2)15-18/h5-7,9-12,15H,4,8,13-14,16H2,1-3H3,(H,22,24). The van der Waals surface area contributed by atoms with E-state index < -0.39 is 10.0 Å². The van der Waals surface area contributed by atoms with Crippen LogP contribution in [-0.4, -0.2) is 33.7 Å². The average molecular weight is 405 g/mol. The number of hydrogen-bond acceptors (Lipinski definition) is 4. The van der Waals surface area contributed by atoms with Gasteiger partial charge in [-0.2, -0.15) is 0 Å². The SMILES string of the molecule is CCOc1ccccc1N(CCCC(=O)NCc1cccc(C)c1)S(C)(=O)=O. The van der Waals surface area contributed by atoms with Gasteiger partial charge >= 0.3 is 0 Å². The fourth-order valence-electron chi connectivity index (χ4n) is 2.90. The molecule has 0 radical (unpaired) electrons. The van der Waals surface area contributed by atoms with Crippen LogP contribution >= 0.6 is 0 Å². The summed E-state index contributed by atoms with van der Waals surface area (Å²) in [7, 11) is -3.50. The van der Waals surface area contributed by atoms with Gasteiger partial charge < -0.3 is 10.1 Å². The summed E-state index contributed by atoms with van der Waals surface area (Å²) in [5.41, 5.74) is 2.67. The van der Waals surface area contributed by atoms with E-state index in [2.05, 4.69) is 5.32 Å². The number of nitrogens with zero attached hydrogens (tertiary/aromatic N) is 1. The maximum Gasteiger partial charge on any atom is 0.232 e. The van der Waals surface area contributed by atoms with E-state index in [4.69, 9.17) is 4.74 Å². The summed E-state index contributed by atoms with van der Waals surface area (Å²) in [6.45, 7) is 4.96. The highest BCUT2D eigenvalue weighted by atomic mass is 32.2. The van der Waals surface area contributed by atoms with Gasteiger partial charge in [0.25, 0.3) is 0 Å². The molecule has 28 heavy (non-hydrogen) atoms. The Hall–Kier alpha value is -2.54. The van der Waals surface area contributed by atoms with E-state index in [0.29, 0.717) is 31.0 Å². The minimum absolute atomic E-state index is 0.104. The van der Waals surface area contributed by atoms with Crippen molar-refractivity contribution < 1.29 is 17.9 Å². The first kappa shape index (κ1) is 21.8. The molecule has 0 aliphatic heterocycles. The molecule has 0 atom stereocenters. The molecule has 0 spiro atoms. The molecule has 152 valence electrons. The van der Waals surface area contributed by atoms with Crippen LogP contribution in [0.3, 0.4) is 0 Å². The Balaban J connectivity index is 1.95. The molecule has 0 unspecified atom stereocenters. The zero-order valence-electron chi connectivity index (χ0n) is 16.6. The molecule has 7 heteroatoms. The number of aryl methyl sites for hydroxylation is 1. The van der Waals surface area contributed by atoms with Gasteiger partial charge in [-0.15, -0.1) is 0 Å². The van der Waals surface area contributed by atoms with E-state index in [0.717, 1.165) is 17.4 Å². The molecule has 1 N–H and O–H groups in total. The molecule has 0 saturated carbocycles. The second-order valence-electron chi connectivity index (χ2n) is 6.61. The molecule has 0 aliphatic rings. The number of para-hydroxylation sites is 2. The predicted molar refractivity (Wildman–Crippen MR) is 112 cm³/mol. The van der Waals surface area contributed by atoms with Crippen molar-refractivity contribution in [1.29, 1.82) is 0 Å². The molecule has 0 aliphatic carbocycles. The average Bonchev–Trinajstić information content (AvgIpc) is 2.64. The fraction of sp³-hybridized carbons (Fsp3) is 0.381. The van der Waals surface area contributed by atoms with Gasteiger partial charge in [0.05, 0.1) is 18.6 Å². The minimum atomic E-state index is -3.50. The number of rotatable bonds is 10. The van der Waals surface area contributed by atoms with Crippen LogP contribution in [0.15, 0.2) is 48.5 Å². The molecule has 0 fully saturated rings. The Morgan fingerprint density at radius 3 is 2.57 bits per heavy atom. The summed E-state index contributed by atoms with van der Waals surface area (Å²) in [5, 5.41) is 2.88. The van der Waals surface area contributed by atoms with E-state index in [1.165, 1.54) is 4.31 Å². The van der Waals surface area contributed by atoms with Crippen LogP contribution in [0.2, 0.25) is 0 Å². The summed E-state index contributed by atoms with van der Waals surface area (Å²) < 4.78 is 31.4. The third-order valence-corrected chi connectivity index (χ3v) is 5.35. The normalized spacial score (nSPS) is 11.1. The maximum atomic E-state index is 12.3. The number of nitrogens with one attached hydrogen (secondary N) is 1. The van der Waals surface area contributed by atoms with E-state index in [1.807, 2.05) is 38.1 Å². The zero-order valence-corrected chi connectivity index (χ0v) is 17.5. The lowest BCUT2D eigenvalue weighted by molar-refractivity contribution is -0.121. The number of carbonyl (C=O) groups is 1. The van der Waals surface area contributed by atoms with Gasteiger partial charge in [0.15, 0.2) is 0 Å². The summed E-state index contributed by atoms with van der Waals surface area (Å²) in [6.07, 6.45) is 1.81. The number of benzene rings is 2. The van der Waals surface area contributed by atoms with Crippen molar-refractivity contribution in [2.75, 3.05) is 23.7 Å². The quantitative estimate of drug-likeness (QED) is 0.659. The smallest absolute Gasteiger partial charge is 0.232 e. The van der Waals surface area contributed by atoms with Crippen molar-refractivity contribution in [2.45, 2.75) is 33.2 Å². The second-order valence-corrected chi connectivity index (χ2v) is 8.51. The third kappa shape index (κ3) is 6.56. The van der Waals surface area contributed by atoms with Crippen molar-refractivity contribution >= 4 is 21.6 Å². The Labute approximate surface area is 167 Å². The van der Waals surface area contributed by atoms with Crippen LogP contribution in [-0.2, 0) is 21.4 Å². The van der Waals surface area contributed by atoms with Crippen LogP contribution < -0.4 is 14.4 Å². The van der Waals surface area contributed by atoms with Gasteiger partial charge in [-0.25, -0.2) is 8.42 Å². The van der Waals surface area contributed by atoms with Crippen molar-refractivity contribution in [3.05, 3.63) is 59.7 Å². The largest absolute Gasteiger partial charge is 0.492 e. The number of sulfonamides is 1. The van der Waals surface area contributed by atoms with Crippen LogP contribution in [0.1, 0.15) is 30.9 Å². The Morgan fingerprint density at radius 2 is 1.89 bits per heavy atom. The third-order valence-electron chi connectivity index (χ3n) is 4.17. The molecule has 2 aromatic rings. The number of ether oxygens (including phenoxy) is 1. The molecule has 2 aromatic carbocycles. The lowest BCUT2D eigenvalue weighted by Gasteiger charge is -2.24. The highest BCUT2D eigenvalue weighted by Crippen LogP contribution is 2.30. The molecule has 6 nitrogen and oxygen atoms in total. The van der Waals surface area contributed by atoms with Crippen molar-refractivity contribution in [3.8, 4) is 5.75 Å². The molecule has 0 bridgehead atoms.